The van der Waals surface area contributed by atoms with E-state index in [9.17, 15) is 15.3 Å². The van der Waals surface area contributed by atoms with Crippen molar-refractivity contribution in [3.05, 3.63) is 0 Å². The molecule has 6 heteroatoms. The molecule has 1 rings (SSSR count). The maximum Gasteiger partial charge on any atom is 0.186 e. The summed E-state index contributed by atoms with van der Waals surface area (Å²) in [6.45, 7) is 2.23. The van der Waals surface area contributed by atoms with Gasteiger partial charge in [-0.25, -0.2) is 0 Å². The molecular weight excluding hydrogens is 312 g/mol. The highest BCUT2D eigenvalue weighted by Gasteiger charge is 2.43. The minimum absolute atomic E-state index is 0.428. The lowest BCUT2D eigenvalue weighted by molar-refractivity contribution is -0.301. The van der Waals surface area contributed by atoms with Gasteiger partial charge in [-0.1, -0.05) is 64.7 Å². The Labute approximate surface area is 145 Å². The lowest BCUT2D eigenvalue weighted by Gasteiger charge is -2.39. The molecule has 1 heterocycles. The van der Waals surface area contributed by atoms with Gasteiger partial charge in [0.2, 0.25) is 0 Å². The Hall–Kier alpha value is -0.240. The van der Waals surface area contributed by atoms with Crippen molar-refractivity contribution in [2.45, 2.75) is 102 Å². The minimum Gasteiger partial charge on any atom is -0.394 e. The SMILES string of the molecule is CCCCCCCCCCCCO[C@@H]1OC(CO)[C@@H](O)[C@H](O)C1O. The molecule has 144 valence electrons. The summed E-state index contributed by atoms with van der Waals surface area (Å²) in [5, 5.41) is 38.3. The average Bonchev–Trinajstić information content (AvgIpc) is 2.59. The van der Waals surface area contributed by atoms with Crippen LogP contribution in [0, 0.1) is 0 Å². The smallest absolute Gasteiger partial charge is 0.186 e. The maximum atomic E-state index is 9.84. The van der Waals surface area contributed by atoms with E-state index < -0.39 is 37.3 Å². The fourth-order valence-corrected chi connectivity index (χ4v) is 2.99. The molecule has 0 bridgehead atoms. The number of hydrogen-bond acceptors (Lipinski definition) is 6. The minimum atomic E-state index is -1.37. The van der Waals surface area contributed by atoms with Gasteiger partial charge in [0.25, 0.3) is 0 Å². The molecule has 0 aliphatic carbocycles. The van der Waals surface area contributed by atoms with Crippen LogP contribution in [0.3, 0.4) is 0 Å². The van der Waals surface area contributed by atoms with Crippen molar-refractivity contribution < 1.29 is 29.9 Å². The number of rotatable bonds is 13. The first-order valence-corrected chi connectivity index (χ1v) is 9.54. The van der Waals surface area contributed by atoms with E-state index in [4.69, 9.17) is 14.6 Å². The second-order valence-electron chi connectivity index (χ2n) is 6.75. The number of hydrogen-bond donors (Lipinski definition) is 4. The molecule has 2 unspecified atom stereocenters. The monoisotopic (exact) mass is 348 g/mol. The molecule has 24 heavy (non-hydrogen) atoms. The van der Waals surface area contributed by atoms with Gasteiger partial charge in [-0.15, -0.1) is 0 Å². The predicted molar refractivity (Wildman–Crippen MR) is 91.6 cm³/mol. The summed E-state index contributed by atoms with van der Waals surface area (Å²) in [5.74, 6) is 0. The fraction of sp³-hybridized carbons (Fsp3) is 1.00. The van der Waals surface area contributed by atoms with Crippen LogP contribution < -0.4 is 0 Å². The summed E-state index contributed by atoms with van der Waals surface area (Å²) in [6.07, 6.45) is 6.37. The Kier molecular flexibility index (Phi) is 11.8. The molecule has 4 N–H and O–H groups in total. The number of aliphatic hydroxyl groups excluding tert-OH is 4. The molecule has 5 atom stereocenters. The van der Waals surface area contributed by atoms with Crippen molar-refractivity contribution >= 4 is 0 Å². The van der Waals surface area contributed by atoms with E-state index in [0.717, 1.165) is 12.8 Å². The topological polar surface area (TPSA) is 99.4 Å². The molecular formula is C18H36O6. The Bertz CT molecular complexity index is 299. The van der Waals surface area contributed by atoms with Gasteiger partial charge in [-0.05, 0) is 6.42 Å². The van der Waals surface area contributed by atoms with Gasteiger partial charge >= 0.3 is 0 Å². The van der Waals surface area contributed by atoms with E-state index in [1.807, 2.05) is 0 Å². The molecule has 1 saturated heterocycles. The number of ether oxygens (including phenoxy) is 2. The van der Waals surface area contributed by atoms with Gasteiger partial charge in [0.15, 0.2) is 6.29 Å². The summed E-state index contributed by atoms with van der Waals surface area (Å²) in [7, 11) is 0. The second kappa shape index (κ2) is 13.0. The summed E-state index contributed by atoms with van der Waals surface area (Å²) in [6, 6.07) is 0. The summed E-state index contributed by atoms with van der Waals surface area (Å²) in [4.78, 5) is 0. The maximum absolute atomic E-state index is 9.84. The quantitative estimate of drug-likeness (QED) is 0.378. The number of aliphatic hydroxyl groups is 4. The Morgan fingerprint density at radius 1 is 0.750 bits per heavy atom. The highest BCUT2D eigenvalue weighted by molar-refractivity contribution is 4.88. The normalized spacial score (nSPS) is 30.6. The molecule has 0 aromatic carbocycles. The lowest BCUT2D eigenvalue weighted by Crippen LogP contribution is -2.59. The molecule has 6 nitrogen and oxygen atoms in total. The van der Waals surface area contributed by atoms with Crippen LogP contribution in [0.2, 0.25) is 0 Å². The van der Waals surface area contributed by atoms with Crippen molar-refractivity contribution in [2.75, 3.05) is 13.2 Å². The van der Waals surface area contributed by atoms with Crippen molar-refractivity contribution in [1.82, 2.24) is 0 Å². The van der Waals surface area contributed by atoms with Crippen molar-refractivity contribution in [2.24, 2.45) is 0 Å². The zero-order chi connectivity index (χ0) is 17.8. The van der Waals surface area contributed by atoms with Crippen molar-refractivity contribution in [3.63, 3.8) is 0 Å². The molecule has 0 radical (unpaired) electrons. The molecule has 0 spiro atoms. The molecule has 1 fully saturated rings. The van der Waals surface area contributed by atoms with Crippen molar-refractivity contribution in [1.29, 1.82) is 0 Å². The van der Waals surface area contributed by atoms with Crippen LogP contribution in [0.5, 0.6) is 0 Å². The molecule has 0 amide bonds. The van der Waals surface area contributed by atoms with E-state index in [2.05, 4.69) is 6.92 Å². The van der Waals surface area contributed by atoms with E-state index in [1.54, 1.807) is 0 Å². The van der Waals surface area contributed by atoms with E-state index >= 15 is 0 Å². The largest absolute Gasteiger partial charge is 0.394 e. The standard InChI is InChI=1S/C18H36O6/c1-2-3-4-5-6-7-8-9-10-11-12-23-18-17(22)16(21)15(20)14(13-19)24-18/h14-22H,2-13H2,1H3/t14?,15-,16+,17?,18-/m1/s1. The van der Waals surface area contributed by atoms with E-state index in [-0.39, 0.29) is 0 Å². The van der Waals surface area contributed by atoms with Crippen LogP contribution in [-0.4, -0.2) is 64.3 Å². The fourth-order valence-electron chi connectivity index (χ4n) is 2.99. The first-order chi connectivity index (χ1) is 11.6. The number of unbranched alkanes of at least 4 members (excludes halogenated alkanes) is 9. The average molecular weight is 348 g/mol. The first-order valence-electron chi connectivity index (χ1n) is 9.54. The second-order valence-corrected chi connectivity index (χ2v) is 6.75. The van der Waals surface area contributed by atoms with Gasteiger partial charge < -0.3 is 29.9 Å². The van der Waals surface area contributed by atoms with Crippen LogP contribution in [0.1, 0.15) is 71.1 Å². The summed E-state index contributed by atoms with van der Waals surface area (Å²) < 4.78 is 10.8. The van der Waals surface area contributed by atoms with E-state index in [0.29, 0.717) is 6.61 Å². The van der Waals surface area contributed by atoms with Gasteiger partial charge in [-0.3, -0.25) is 0 Å². The zero-order valence-corrected chi connectivity index (χ0v) is 15.0. The Morgan fingerprint density at radius 3 is 1.83 bits per heavy atom. The highest BCUT2D eigenvalue weighted by Crippen LogP contribution is 2.22. The Morgan fingerprint density at radius 2 is 1.29 bits per heavy atom. The third kappa shape index (κ3) is 7.76. The molecule has 1 aliphatic rings. The van der Waals surface area contributed by atoms with Gasteiger partial charge in [-0.2, -0.15) is 0 Å². The molecule has 0 aromatic heterocycles. The third-order valence-corrected chi connectivity index (χ3v) is 4.63. The van der Waals surface area contributed by atoms with Gasteiger partial charge in [0.05, 0.1) is 6.61 Å². The summed E-state index contributed by atoms with van der Waals surface area (Å²) >= 11 is 0. The first kappa shape index (κ1) is 21.8. The van der Waals surface area contributed by atoms with Crippen molar-refractivity contribution in [3.8, 4) is 0 Å². The van der Waals surface area contributed by atoms with E-state index in [1.165, 1.54) is 51.4 Å². The van der Waals surface area contributed by atoms with Gasteiger partial charge in [0.1, 0.15) is 24.4 Å². The van der Waals surface area contributed by atoms with Crippen LogP contribution in [0.25, 0.3) is 0 Å². The predicted octanol–water partition coefficient (Wildman–Crippen LogP) is 1.72. The van der Waals surface area contributed by atoms with Crippen LogP contribution >= 0.6 is 0 Å². The zero-order valence-electron chi connectivity index (χ0n) is 15.0. The van der Waals surface area contributed by atoms with Gasteiger partial charge in [0, 0.05) is 6.61 Å². The third-order valence-electron chi connectivity index (χ3n) is 4.63. The van der Waals surface area contributed by atoms with Crippen LogP contribution in [0.15, 0.2) is 0 Å². The Balaban J connectivity index is 2.02. The highest BCUT2D eigenvalue weighted by atomic mass is 16.7. The van der Waals surface area contributed by atoms with Crippen LogP contribution in [0.4, 0.5) is 0 Å². The molecule has 0 saturated carbocycles. The molecule has 1 aliphatic heterocycles. The van der Waals surface area contributed by atoms with Crippen LogP contribution in [-0.2, 0) is 9.47 Å². The summed E-state index contributed by atoms with van der Waals surface area (Å²) in [5.41, 5.74) is 0. The molecule has 0 aromatic rings. The lowest BCUT2D eigenvalue weighted by atomic mass is 9.99.